The molecule has 0 amide bonds. The van der Waals surface area contributed by atoms with Crippen molar-refractivity contribution < 1.29 is 14.3 Å². The predicted octanol–water partition coefficient (Wildman–Crippen LogP) is 4.83. The standard InChI is InChI=1S/C23H29ClN4O3/c1-15(2)14-28(18-7-9-30-10-8-18)20-13-26-22(31-23(29)16-3-4-16)11-19(20)27-21-6-5-17(24)12-25-21/h5-6,11-13,15-16,18H,3-4,7-10,14H2,1-2H3,(H,25,26,27). The number of carbonyl (C=O) groups excluding carboxylic acids is 1. The Morgan fingerprint density at radius 1 is 1.23 bits per heavy atom. The molecule has 1 aliphatic heterocycles. The normalized spacial score (nSPS) is 16.9. The topological polar surface area (TPSA) is 76.6 Å². The van der Waals surface area contributed by atoms with Crippen LogP contribution >= 0.6 is 11.6 Å². The van der Waals surface area contributed by atoms with Crippen LogP contribution < -0.4 is 15.0 Å². The van der Waals surface area contributed by atoms with E-state index in [1.165, 1.54) is 0 Å². The van der Waals surface area contributed by atoms with E-state index < -0.39 is 0 Å². The molecule has 2 aromatic rings. The van der Waals surface area contributed by atoms with Crippen molar-refractivity contribution in [2.24, 2.45) is 11.8 Å². The van der Waals surface area contributed by atoms with E-state index in [0.29, 0.717) is 28.7 Å². The first-order chi connectivity index (χ1) is 15.0. The lowest BCUT2D eigenvalue weighted by molar-refractivity contribution is -0.136. The number of ether oxygens (including phenoxy) is 2. The fourth-order valence-electron chi connectivity index (χ4n) is 3.74. The third kappa shape index (κ3) is 5.86. The van der Waals surface area contributed by atoms with Crippen LogP contribution in [-0.2, 0) is 9.53 Å². The van der Waals surface area contributed by atoms with Crippen molar-refractivity contribution in [3.05, 3.63) is 35.6 Å². The third-order valence-electron chi connectivity index (χ3n) is 5.47. The van der Waals surface area contributed by atoms with Gasteiger partial charge >= 0.3 is 5.97 Å². The zero-order valence-electron chi connectivity index (χ0n) is 18.0. The molecule has 31 heavy (non-hydrogen) atoms. The summed E-state index contributed by atoms with van der Waals surface area (Å²) in [5.41, 5.74) is 1.76. The number of pyridine rings is 2. The first-order valence-corrected chi connectivity index (χ1v) is 11.3. The van der Waals surface area contributed by atoms with Crippen molar-refractivity contribution in [2.45, 2.75) is 45.6 Å². The van der Waals surface area contributed by atoms with E-state index in [1.807, 2.05) is 6.07 Å². The van der Waals surface area contributed by atoms with Gasteiger partial charge in [-0.1, -0.05) is 25.4 Å². The number of hydrogen-bond acceptors (Lipinski definition) is 7. The highest BCUT2D eigenvalue weighted by molar-refractivity contribution is 6.30. The molecule has 2 aliphatic rings. The Hall–Kier alpha value is -2.38. The fourth-order valence-corrected chi connectivity index (χ4v) is 3.85. The van der Waals surface area contributed by atoms with Gasteiger partial charge in [0.1, 0.15) is 5.82 Å². The second kappa shape index (κ2) is 9.83. The van der Waals surface area contributed by atoms with Crippen LogP contribution in [0.3, 0.4) is 0 Å². The molecule has 1 N–H and O–H groups in total. The van der Waals surface area contributed by atoms with Crippen LogP contribution in [0.25, 0.3) is 0 Å². The molecular formula is C23H29ClN4O3. The van der Waals surface area contributed by atoms with Gasteiger partial charge in [-0.05, 0) is 43.7 Å². The van der Waals surface area contributed by atoms with Crippen molar-refractivity contribution in [2.75, 3.05) is 30.0 Å². The predicted molar refractivity (Wildman–Crippen MR) is 121 cm³/mol. The Bertz CT molecular complexity index is 896. The summed E-state index contributed by atoms with van der Waals surface area (Å²) in [6.45, 7) is 6.81. The third-order valence-corrected chi connectivity index (χ3v) is 5.69. The highest BCUT2D eigenvalue weighted by Gasteiger charge is 2.32. The monoisotopic (exact) mass is 444 g/mol. The van der Waals surface area contributed by atoms with Gasteiger partial charge in [0, 0.05) is 38.1 Å². The van der Waals surface area contributed by atoms with Crippen molar-refractivity contribution in [3.63, 3.8) is 0 Å². The van der Waals surface area contributed by atoms with Crippen LogP contribution in [0.4, 0.5) is 17.2 Å². The van der Waals surface area contributed by atoms with Crippen LogP contribution in [0.1, 0.15) is 39.5 Å². The summed E-state index contributed by atoms with van der Waals surface area (Å²) in [5.74, 6) is 1.23. The summed E-state index contributed by atoms with van der Waals surface area (Å²) in [6.07, 6.45) is 7.10. The number of halogens is 1. The summed E-state index contributed by atoms with van der Waals surface area (Å²) in [6, 6.07) is 5.76. The molecule has 2 aromatic heterocycles. The summed E-state index contributed by atoms with van der Waals surface area (Å²) >= 11 is 6.00. The molecule has 2 fully saturated rings. The average Bonchev–Trinajstić information content (AvgIpc) is 3.60. The molecule has 166 valence electrons. The van der Waals surface area contributed by atoms with Crippen molar-refractivity contribution in [1.29, 1.82) is 0 Å². The maximum absolute atomic E-state index is 12.2. The van der Waals surface area contributed by atoms with Gasteiger partial charge in [0.15, 0.2) is 0 Å². The number of esters is 1. The van der Waals surface area contributed by atoms with Crippen LogP contribution in [0.15, 0.2) is 30.6 Å². The van der Waals surface area contributed by atoms with Crippen LogP contribution in [0.2, 0.25) is 5.02 Å². The maximum atomic E-state index is 12.2. The molecule has 3 heterocycles. The van der Waals surface area contributed by atoms with Crippen molar-refractivity contribution in [3.8, 4) is 5.88 Å². The zero-order chi connectivity index (χ0) is 21.8. The lowest BCUT2D eigenvalue weighted by Gasteiger charge is -2.38. The molecule has 0 unspecified atom stereocenters. The number of nitrogens with zero attached hydrogens (tertiary/aromatic N) is 3. The van der Waals surface area contributed by atoms with Gasteiger partial charge in [-0.2, -0.15) is 0 Å². The van der Waals surface area contributed by atoms with E-state index in [0.717, 1.165) is 56.8 Å². The van der Waals surface area contributed by atoms with Gasteiger partial charge in [-0.3, -0.25) is 4.79 Å². The molecule has 0 spiro atoms. The van der Waals surface area contributed by atoms with E-state index in [-0.39, 0.29) is 11.9 Å². The maximum Gasteiger partial charge on any atom is 0.315 e. The Morgan fingerprint density at radius 2 is 2.00 bits per heavy atom. The summed E-state index contributed by atoms with van der Waals surface area (Å²) in [4.78, 5) is 23.4. The van der Waals surface area contributed by atoms with Crippen molar-refractivity contribution in [1.82, 2.24) is 9.97 Å². The molecule has 4 rings (SSSR count). The SMILES string of the molecule is CC(C)CN(c1cnc(OC(=O)C2CC2)cc1Nc1ccc(Cl)cn1)C1CCOCC1. The van der Waals surface area contributed by atoms with Gasteiger partial charge in [0.2, 0.25) is 5.88 Å². The number of rotatable bonds is 8. The van der Waals surface area contributed by atoms with E-state index >= 15 is 0 Å². The number of aromatic nitrogens is 2. The molecule has 0 atom stereocenters. The Labute approximate surface area is 188 Å². The van der Waals surface area contributed by atoms with Crippen LogP contribution in [-0.4, -0.2) is 41.7 Å². The highest BCUT2D eigenvalue weighted by Crippen LogP contribution is 2.36. The quantitative estimate of drug-likeness (QED) is 0.584. The van der Waals surface area contributed by atoms with Gasteiger partial charge < -0.3 is 19.7 Å². The summed E-state index contributed by atoms with van der Waals surface area (Å²) < 4.78 is 11.1. The molecule has 1 saturated heterocycles. The van der Waals surface area contributed by atoms with Crippen LogP contribution in [0.5, 0.6) is 5.88 Å². The molecule has 0 aromatic carbocycles. The second-order valence-corrected chi connectivity index (χ2v) is 9.05. The van der Waals surface area contributed by atoms with Crippen LogP contribution in [0, 0.1) is 11.8 Å². The number of nitrogens with one attached hydrogen (secondary N) is 1. The minimum absolute atomic E-state index is 0.00972. The summed E-state index contributed by atoms with van der Waals surface area (Å²) in [5, 5.41) is 3.95. The van der Waals surface area contributed by atoms with E-state index in [4.69, 9.17) is 21.1 Å². The zero-order valence-corrected chi connectivity index (χ0v) is 18.8. The summed E-state index contributed by atoms with van der Waals surface area (Å²) in [7, 11) is 0. The van der Waals surface area contributed by atoms with Gasteiger partial charge in [-0.15, -0.1) is 0 Å². The van der Waals surface area contributed by atoms with Crippen molar-refractivity contribution >= 4 is 34.8 Å². The fraction of sp³-hybridized carbons (Fsp3) is 0.522. The molecule has 0 bridgehead atoms. The van der Waals surface area contributed by atoms with E-state index in [2.05, 4.69) is 34.0 Å². The van der Waals surface area contributed by atoms with Gasteiger partial charge in [0.05, 0.1) is 28.5 Å². The highest BCUT2D eigenvalue weighted by atomic mass is 35.5. The first-order valence-electron chi connectivity index (χ1n) is 10.9. The molecular weight excluding hydrogens is 416 g/mol. The lowest BCUT2D eigenvalue weighted by Crippen LogP contribution is -2.42. The van der Waals surface area contributed by atoms with Gasteiger partial charge in [-0.25, -0.2) is 9.97 Å². The van der Waals surface area contributed by atoms with E-state index in [1.54, 1.807) is 24.5 Å². The Balaban J connectivity index is 1.66. The van der Waals surface area contributed by atoms with Gasteiger partial charge in [0.25, 0.3) is 0 Å². The number of anilines is 3. The molecule has 0 radical (unpaired) electrons. The lowest BCUT2D eigenvalue weighted by atomic mass is 10.0. The Kier molecular flexibility index (Phi) is 6.92. The van der Waals surface area contributed by atoms with E-state index in [9.17, 15) is 4.79 Å². The largest absolute Gasteiger partial charge is 0.407 e. The molecule has 7 nitrogen and oxygen atoms in total. The first kappa shape index (κ1) is 21.8. The minimum Gasteiger partial charge on any atom is -0.407 e. The number of carbonyl (C=O) groups is 1. The smallest absolute Gasteiger partial charge is 0.315 e. The average molecular weight is 445 g/mol. The molecule has 8 heteroatoms. The molecule has 1 aliphatic carbocycles. The molecule has 1 saturated carbocycles. The number of hydrogen-bond donors (Lipinski definition) is 1. The second-order valence-electron chi connectivity index (χ2n) is 8.61. The Morgan fingerprint density at radius 3 is 2.65 bits per heavy atom. The minimum atomic E-state index is -0.209.